The Morgan fingerprint density at radius 3 is 2.30 bits per heavy atom. The fraction of sp³-hybridized carbons (Fsp3) is 1.00. The molecule has 3 nitrogen and oxygen atoms in total. The molecule has 0 aromatic rings. The molecule has 2 atom stereocenters. The molecule has 0 aliphatic carbocycles. The summed E-state index contributed by atoms with van der Waals surface area (Å²) in [6.45, 7) is 0. The van der Waals surface area contributed by atoms with E-state index in [2.05, 4.69) is 4.74 Å². The topological polar surface area (TPSA) is 38.7 Å². The summed E-state index contributed by atoms with van der Waals surface area (Å²) in [4.78, 5) is 0. The van der Waals surface area contributed by atoms with Crippen molar-refractivity contribution in [3.05, 3.63) is 0 Å². The van der Waals surface area contributed by atoms with Gasteiger partial charge in [0.05, 0.1) is 6.10 Å². The fourth-order valence-corrected chi connectivity index (χ4v) is 0.795. The van der Waals surface area contributed by atoms with Gasteiger partial charge in [-0.3, -0.25) is 0 Å². The molecule has 0 aromatic heterocycles. The predicted octanol–water partition coefficient (Wildman–Crippen LogP) is 0.595. The Morgan fingerprint density at radius 2 is 2.00 bits per heavy atom. The molecule has 0 aliphatic heterocycles. The Kier molecular flexibility index (Phi) is 6.02. The van der Waals surface area contributed by atoms with Crippen molar-refractivity contribution in [1.29, 1.82) is 0 Å². The molecule has 0 rings (SSSR count). The zero-order valence-electron chi connectivity index (χ0n) is 6.21. The van der Waals surface area contributed by atoms with Crippen LogP contribution in [0.4, 0.5) is 0 Å². The molecule has 0 fully saturated rings. The third-order valence-electron chi connectivity index (χ3n) is 1.24. The van der Waals surface area contributed by atoms with Crippen molar-refractivity contribution < 1.29 is 14.6 Å². The minimum atomic E-state index is -0.774. The second-order valence-corrected chi connectivity index (χ2v) is 2.25. The molecular weight excluding hydrogens is 156 g/mol. The standard InChI is InChI=1S/C6H13ClO3/c1-9-5(4-7)3-6(8)10-2/h5-6,8H,3-4H2,1-2H3/t5-,6+/m0/s1. The number of aliphatic hydroxyl groups is 1. The largest absolute Gasteiger partial charge is 0.380 e. The maximum absolute atomic E-state index is 8.93. The Labute approximate surface area is 65.9 Å². The van der Waals surface area contributed by atoms with Gasteiger partial charge >= 0.3 is 0 Å². The second-order valence-electron chi connectivity index (χ2n) is 1.94. The summed E-state index contributed by atoms with van der Waals surface area (Å²) in [7, 11) is 2.99. The normalized spacial score (nSPS) is 16.8. The van der Waals surface area contributed by atoms with Gasteiger partial charge in [-0.2, -0.15) is 0 Å². The zero-order valence-corrected chi connectivity index (χ0v) is 6.97. The molecule has 0 aliphatic rings. The number of hydrogen-bond acceptors (Lipinski definition) is 3. The molecule has 0 heterocycles. The molecule has 0 unspecified atom stereocenters. The molecule has 0 spiro atoms. The molecule has 62 valence electrons. The third-order valence-corrected chi connectivity index (χ3v) is 1.59. The molecule has 0 radical (unpaired) electrons. The highest BCUT2D eigenvalue weighted by Gasteiger charge is 2.11. The molecule has 0 aromatic carbocycles. The number of alkyl halides is 1. The van der Waals surface area contributed by atoms with Crippen LogP contribution in [0.2, 0.25) is 0 Å². The van der Waals surface area contributed by atoms with Crippen LogP contribution < -0.4 is 0 Å². The van der Waals surface area contributed by atoms with E-state index in [1.165, 1.54) is 7.11 Å². The molecule has 0 saturated heterocycles. The molecule has 0 amide bonds. The summed E-state index contributed by atoms with van der Waals surface area (Å²) in [5.41, 5.74) is 0. The van der Waals surface area contributed by atoms with Crippen molar-refractivity contribution in [2.75, 3.05) is 20.1 Å². The van der Waals surface area contributed by atoms with Crippen molar-refractivity contribution in [1.82, 2.24) is 0 Å². The number of rotatable bonds is 5. The number of halogens is 1. The van der Waals surface area contributed by atoms with Crippen LogP contribution in [-0.4, -0.2) is 37.6 Å². The minimum absolute atomic E-state index is 0.128. The van der Waals surface area contributed by atoms with Gasteiger partial charge in [-0.1, -0.05) is 0 Å². The van der Waals surface area contributed by atoms with E-state index < -0.39 is 6.29 Å². The average Bonchev–Trinajstić information content (AvgIpc) is 1.99. The van der Waals surface area contributed by atoms with Gasteiger partial charge in [0.25, 0.3) is 0 Å². The lowest BCUT2D eigenvalue weighted by atomic mass is 10.3. The van der Waals surface area contributed by atoms with E-state index in [9.17, 15) is 0 Å². The minimum Gasteiger partial charge on any atom is -0.380 e. The van der Waals surface area contributed by atoms with Crippen molar-refractivity contribution in [3.8, 4) is 0 Å². The van der Waals surface area contributed by atoms with E-state index in [1.807, 2.05) is 0 Å². The third kappa shape index (κ3) is 4.06. The molecule has 4 heteroatoms. The Morgan fingerprint density at radius 1 is 1.40 bits per heavy atom. The molecule has 0 bridgehead atoms. The number of methoxy groups -OCH3 is 2. The van der Waals surface area contributed by atoms with Crippen LogP contribution in [0.5, 0.6) is 0 Å². The highest BCUT2D eigenvalue weighted by molar-refractivity contribution is 6.18. The number of hydrogen-bond donors (Lipinski definition) is 1. The van der Waals surface area contributed by atoms with Gasteiger partial charge < -0.3 is 14.6 Å². The summed E-state index contributed by atoms with van der Waals surface area (Å²) in [5.74, 6) is 0.372. The number of aliphatic hydroxyl groups excluding tert-OH is 1. The van der Waals surface area contributed by atoms with E-state index in [0.29, 0.717) is 12.3 Å². The summed E-state index contributed by atoms with van der Waals surface area (Å²) in [5, 5.41) is 8.93. The quantitative estimate of drug-likeness (QED) is 0.483. The zero-order chi connectivity index (χ0) is 7.98. The van der Waals surface area contributed by atoms with Crippen molar-refractivity contribution in [2.45, 2.75) is 18.8 Å². The van der Waals surface area contributed by atoms with Crippen LogP contribution in [0.1, 0.15) is 6.42 Å². The van der Waals surface area contributed by atoms with E-state index >= 15 is 0 Å². The van der Waals surface area contributed by atoms with E-state index in [-0.39, 0.29) is 6.10 Å². The lowest BCUT2D eigenvalue weighted by molar-refractivity contribution is -0.0994. The first-order valence-electron chi connectivity index (χ1n) is 3.04. The Balaban J connectivity index is 3.41. The summed E-state index contributed by atoms with van der Waals surface area (Å²) >= 11 is 5.48. The molecule has 1 N–H and O–H groups in total. The highest BCUT2D eigenvalue weighted by atomic mass is 35.5. The Bertz CT molecular complexity index is 75.4. The SMILES string of the molecule is CO[C@H](CCl)C[C@H](O)OC. The van der Waals surface area contributed by atoms with Crippen LogP contribution in [0, 0.1) is 0 Å². The lowest BCUT2D eigenvalue weighted by Crippen LogP contribution is -2.22. The van der Waals surface area contributed by atoms with Gasteiger partial charge in [0.15, 0.2) is 6.29 Å². The van der Waals surface area contributed by atoms with E-state index in [1.54, 1.807) is 7.11 Å². The van der Waals surface area contributed by atoms with E-state index in [4.69, 9.17) is 21.4 Å². The first kappa shape index (κ1) is 10.2. The van der Waals surface area contributed by atoms with Gasteiger partial charge in [-0.05, 0) is 0 Å². The Hall–Kier alpha value is 0.170. The maximum Gasteiger partial charge on any atom is 0.156 e. The van der Waals surface area contributed by atoms with Crippen LogP contribution in [0.15, 0.2) is 0 Å². The van der Waals surface area contributed by atoms with E-state index in [0.717, 1.165) is 0 Å². The van der Waals surface area contributed by atoms with Crippen LogP contribution >= 0.6 is 11.6 Å². The van der Waals surface area contributed by atoms with Gasteiger partial charge in [0.2, 0.25) is 0 Å². The predicted molar refractivity (Wildman–Crippen MR) is 39.1 cm³/mol. The first-order chi connectivity index (χ1) is 4.74. The van der Waals surface area contributed by atoms with Crippen molar-refractivity contribution in [2.24, 2.45) is 0 Å². The van der Waals surface area contributed by atoms with Crippen LogP contribution in [0.25, 0.3) is 0 Å². The molecule has 10 heavy (non-hydrogen) atoms. The monoisotopic (exact) mass is 168 g/mol. The average molecular weight is 169 g/mol. The molecule has 0 saturated carbocycles. The maximum atomic E-state index is 8.93. The lowest BCUT2D eigenvalue weighted by Gasteiger charge is -2.14. The smallest absolute Gasteiger partial charge is 0.156 e. The highest BCUT2D eigenvalue weighted by Crippen LogP contribution is 2.03. The van der Waals surface area contributed by atoms with Gasteiger partial charge in [-0.25, -0.2) is 0 Å². The summed E-state index contributed by atoms with van der Waals surface area (Å²) in [6.07, 6.45) is -0.489. The van der Waals surface area contributed by atoms with Gasteiger partial charge in [-0.15, -0.1) is 11.6 Å². The van der Waals surface area contributed by atoms with Crippen molar-refractivity contribution >= 4 is 11.6 Å². The molecular formula is C6H13ClO3. The van der Waals surface area contributed by atoms with Crippen molar-refractivity contribution in [3.63, 3.8) is 0 Å². The summed E-state index contributed by atoms with van der Waals surface area (Å²) in [6, 6.07) is 0. The second kappa shape index (κ2) is 5.92. The number of ether oxygens (including phenoxy) is 2. The van der Waals surface area contributed by atoms with Crippen LogP contribution in [-0.2, 0) is 9.47 Å². The fourth-order valence-electron chi connectivity index (χ4n) is 0.543. The summed E-state index contributed by atoms with van der Waals surface area (Å²) < 4.78 is 9.50. The van der Waals surface area contributed by atoms with Crippen LogP contribution in [0.3, 0.4) is 0 Å². The van der Waals surface area contributed by atoms with Gasteiger partial charge in [0.1, 0.15) is 0 Å². The first-order valence-corrected chi connectivity index (χ1v) is 3.57. The van der Waals surface area contributed by atoms with Gasteiger partial charge in [0, 0.05) is 26.5 Å².